The lowest BCUT2D eigenvalue weighted by Gasteiger charge is -2.23. The third kappa shape index (κ3) is 6.63. The van der Waals surface area contributed by atoms with Crippen LogP contribution in [0.25, 0.3) is 0 Å². The van der Waals surface area contributed by atoms with Crippen molar-refractivity contribution in [2.24, 2.45) is 0 Å². The lowest BCUT2D eigenvalue weighted by Crippen LogP contribution is -2.34. The standard InChI is InChI=1S/C23H24N2O4S/c1-18-8-12-21(13-9-18)24-23(26)25(16-19-6-4-3-5-7-19)17-20-10-14-22(15-11-20)29-30(2,27)28/h3-15H,16-17H2,1-2H3,(H,24,26). The molecule has 156 valence electrons. The highest BCUT2D eigenvalue weighted by Crippen LogP contribution is 2.18. The molecule has 3 rings (SSSR count). The van der Waals surface area contributed by atoms with Crippen LogP contribution in [-0.4, -0.2) is 25.6 Å². The van der Waals surface area contributed by atoms with E-state index in [0.29, 0.717) is 13.1 Å². The van der Waals surface area contributed by atoms with Crippen LogP contribution in [0.4, 0.5) is 10.5 Å². The Morgan fingerprint density at radius 1 is 0.867 bits per heavy atom. The van der Waals surface area contributed by atoms with Crippen LogP contribution in [0.1, 0.15) is 16.7 Å². The highest BCUT2D eigenvalue weighted by molar-refractivity contribution is 7.86. The van der Waals surface area contributed by atoms with Crippen LogP contribution in [0.2, 0.25) is 0 Å². The maximum absolute atomic E-state index is 13.0. The smallest absolute Gasteiger partial charge is 0.322 e. The molecule has 0 aromatic heterocycles. The number of hydrogen-bond acceptors (Lipinski definition) is 4. The lowest BCUT2D eigenvalue weighted by atomic mass is 10.1. The zero-order valence-corrected chi connectivity index (χ0v) is 17.7. The van der Waals surface area contributed by atoms with E-state index in [1.165, 1.54) is 0 Å². The zero-order chi connectivity index (χ0) is 21.6. The van der Waals surface area contributed by atoms with Crippen molar-refractivity contribution in [3.8, 4) is 5.75 Å². The molecular weight excluding hydrogens is 400 g/mol. The van der Waals surface area contributed by atoms with E-state index < -0.39 is 10.1 Å². The maximum atomic E-state index is 13.0. The molecule has 6 nitrogen and oxygen atoms in total. The number of carbonyl (C=O) groups is 1. The molecule has 2 amide bonds. The molecule has 0 aliphatic rings. The van der Waals surface area contributed by atoms with Gasteiger partial charge in [0.1, 0.15) is 5.75 Å². The molecule has 0 heterocycles. The molecule has 1 N–H and O–H groups in total. The minimum absolute atomic E-state index is 0.223. The Bertz CT molecular complexity index is 1080. The second-order valence-corrected chi connectivity index (χ2v) is 8.64. The molecule has 0 aliphatic heterocycles. The van der Waals surface area contributed by atoms with Crippen molar-refractivity contribution in [2.75, 3.05) is 11.6 Å². The van der Waals surface area contributed by atoms with Gasteiger partial charge in [0.15, 0.2) is 0 Å². The number of urea groups is 1. The summed E-state index contributed by atoms with van der Waals surface area (Å²) in [5, 5.41) is 2.94. The summed E-state index contributed by atoms with van der Waals surface area (Å²) in [5.41, 5.74) is 3.70. The number of amides is 2. The van der Waals surface area contributed by atoms with Gasteiger partial charge in [0.2, 0.25) is 0 Å². The number of nitrogens with zero attached hydrogens (tertiary/aromatic N) is 1. The van der Waals surface area contributed by atoms with Gasteiger partial charge in [-0.3, -0.25) is 0 Å². The molecule has 3 aromatic carbocycles. The molecule has 0 bridgehead atoms. The average Bonchev–Trinajstić information content (AvgIpc) is 2.70. The number of hydrogen-bond donors (Lipinski definition) is 1. The summed E-state index contributed by atoms with van der Waals surface area (Å²) in [5.74, 6) is 0.236. The highest BCUT2D eigenvalue weighted by atomic mass is 32.2. The first kappa shape index (κ1) is 21.4. The van der Waals surface area contributed by atoms with Crippen molar-refractivity contribution >= 4 is 21.8 Å². The molecule has 0 spiro atoms. The van der Waals surface area contributed by atoms with Crippen LogP contribution < -0.4 is 9.50 Å². The molecule has 3 aromatic rings. The fourth-order valence-corrected chi connectivity index (χ4v) is 3.35. The average molecular weight is 425 g/mol. The summed E-state index contributed by atoms with van der Waals surface area (Å²) in [6.07, 6.45) is 0.998. The molecule has 0 fully saturated rings. The lowest BCUT2D eigenvalue weighted by molar-refractivity contribution is 0.206. The largest absolute Gasteiger partial charge is 0.383 e. The second-order valence-electron chi connectivity index (χ2n) is 7.07. The fourth-order valence-electron chi connectivity index (χ4n) is 2.89. The van der Waals surface area contributed by atoms with Gasteiger partial charge in [-0.1, -0.05) is 60.2 Å². The summed E-state index contributed by atoms with van der Waals surface area (Å²) in [6, 6.07) is 23.8. The monoisotopic (exact) mass is 424 g/mol. The van der Waals surface area contributed by atoms with Crippen LogP contribution in [0.5, 0.6) is 5.75 Å². The Labute approximate surface area is 177 Å². The van der Waals surface area contributed by atoms with E-state index >= 15 is 0 Å². The fraction of sp³-hybridized carbons (Fsp3) is 0.174. The number of aryl methyl sites for hydroxylation is 1. The number of rotatable bonds is 7. The summed E-state index contributed by atoms with van der Waals surface area (Å²) in [4.78, 5) is 14.7. The number of nitrogens with one attached hydrogen (secondary N) is 1. The van der Waals surface area contributed by atoms with E-state index in [0.717, 1.165) is 28.6 Å². The topological polar surface area (TPSA) is 75.7 Å². The molecule has 0 unspecified atom stereocenters. The first-order chi connectivity index (χ1) is 14.3. The Morgan fingerprint density at radius 2 is 1.43 bits per heavy atom. The molecule has 30 heavy (non-hydrogen) atoms. The van der Waals surface area contributed by atoms with Gasteiger partial charge in [-0.15, -0.1) is 0 Å². The molecule has 0 saturated carbocycles. The molecule has 7 heteroatoms. The summed E-state index contributed by atoms with van der Waals surface area (Å²) < 4.78 is 27.4. The Hall–Kier alpha value is -3.32. The van der Waals surface area contributed by atoms with Crippen molar-refractivity contribution in [3.05, 3.63) is 95.6 Å². The predicted molar refractivity (Wildman–Crippen MR) is 118 cm³/mol. The van der Waals surface area contributed by atoms with Crippen LogP contribution in [0, 0.1) is 6.92 Å². The van der Waals surface area contributed by atoms with Gasteiger partial charge in [0.25, 0.3) is 0 Å². The Morgan fingerprint density at radius 3 is 2.00 bits per heavy atom. The molecule has 0 saturated heterocycles. The van der Waals surface area contributed by atoms with Gasteiger partial charge in [0.05, 0.1) is 6.26 Å². The predicted octanol–water partition coefficient (Wildman–Crippen LogP) is 4.57. The normalized spacial score (nSPS) is 11.0. The third-order valence-corrected chi connectivity index (χ3v) is 4.85. The number of anilines is 1. The van der Waals surface area contributed by atoms with Gasteiger partial charge in [-0.2, -0.15) is 8.42 Å². The molecule has 0 atom stereocenters. The van der Waals surface area contributed by atoms with Crippen molar-refractivity contribution in [1.82, 2.24) is 4.90 Å². The summed E-state index contributed by atoms with van der Waals surface area (Å²) >= 11 is 0. The van der Waals surface area contributed by atoms with Gasteiger partial charge >= 0.3 is 16.1 Å². The van der Waals surface area contributed by atoms with E-state index in [2.05, 4.69) is 5.32 Å². The first-order valence-electron chi connectivity index (χ1n) is 9.43. The number of benzene rings is 3. The van der Waals surface area contributed by atoms with Crippen LogP contribution in [0.3, 0.4) is 0 Å². The zero-order valence-electron chi connectivity index (χ0n) is 16.9. The summed E-state index contributed by atoms with van der Waals surface area (Å²) in [7, 11) is -3.58. The van der Waals surface area contributed by atoms with E-state index in [-0.39, 0.29) is 11.8 Å². The summed E-state index contributed by atoms with van der Waals surface area (Å²) in [6.45, 7) is 2.77. The maximum Gasteiger partial charge on any atom is 0.322 e. The van der Waals surface area contributed by atoms with Gasteiger partial charge < -0.3 is 14.4 Å². The van der Waals surface area contributed by atoms with Crippen molar-refractivity contribution in [2.45, 2.75) is 20.0 Å². The van der Waals surface area contributed by atoms with Gasteiger partial charge in [0, 0.05) is 18.8 Å². The molecule has 0 radical (unpaired) electrons. The minimum atomic E-state index is -3.58. The first-order valence-corrected chi connectivity index (χ1v) is 11.2. The molecular formula is C23H24N2O4S. The minimum Gasteiger partial charge on any atom is -0.383 e. The Balaban J connectivity index is 1.76. The van der Waals surface area contributed by atoms with Crippen LogP contribution >= 0.6 is 0 Å². The van der Waals surface area contributed by atoms with Crippen molar-refractivity contribution < 1.29 is 17.4 Å². The Kier molecular flexibility index (Phi) is 6.74. The quantitative estimate of drug-likeness (QED) is 0.564. The highest BCUT2D eigenvalue weighted by Gasteiger charge is 2.15. The van der Waals surface area contributed by atoms with E-state index in [1.54, 1.807) is 29.2 Å². The van der Waals surface area contributed by atoms with Gasteiger partial charge in [-0.05, 0) is 42.3 Å². The van der Waals surface area contributed by atoms with Crippen molar-refractivity contribution in [3.63, 3.8) is 0 Å². The van der Waals surface area contributed by atoms with E-state index in [1.807, 2.05) is 61.5 Å². The second kappa shape index (κ2) is 9.45. The van der Waals surface area contributed by atoms with E-state index in [9.17, 15) is 13.2 Å². The molecule has 0 aliphatic carbocycles. The van der Waals surface area contributed by atoms with Crippen molar-refractivity contribution in [1.29, 1.82) is 0 Å². The van der Waals surface area contributed by atoms with E-state index in [4.69, 9.17) is 4.18 Å². The van der Waals surface area contributed by atoms with Crippen LogP contribution in [-0.2, 0) is 23.2 Å². The van der Waals surface area contributed by atoms with Gasteiger partial charge in [-0.25, -0.2) is 4.79 Å². The third-order valence-electron chi connectivity index (χ3n) is 4.35. The SMILES string of the molecule is Cc1ccc(NC(=O)N(Cc2ccccc2)Cc2ccc(OS(C)(=O)=O)cc2)cc1. The number of carbonyl (C=O) groups excluding carboxylic acids is 1. The van der Waals surface area contributed by atoms with Crippen LogP contribution in [0.15, 0.2) is 78.9 Å².